The van der Waals surface area contributed by atoms with E-state index < -0.39 is 0 Å². The summed E-state index contributed by atoms with van der Waals surface area (Å²) in [5.41, 5.74) is 4.69. The summed E-state index contributed by atoms with van der Waals surface area (Å²) < 4.78 is 2.20. The van der Waals surface area contributed by atoms with Gasteiger partial charge in [0.15, 0.2) is 5.43 Å². The predicted molar refractivity (Wildman–Crippen MR) is 93.4 cm³/mol. The lowest BCUT2D eigenvalue weighted by Crippen LogP contribution is -2.35. The van der Waals surface area contributed by atoms with E-state index in [4.69, 9.17) is 0 Å². The molecule has 3 nitrogen and oxygen atoms in total. The third kappa shape index (κ3) is 2.47. The third-order valence-corrected chi connectivity index (χ3v) is 4.83. The lowest BCUT2D eigenvalue weighted by atomic mass is 10.0. The van der Waals surface area contributed by atoms with Gasteiger partial charge in [0.05, 0.1) is 5.52 Å². The quantitative estimate of drug-likeness (QED) is 0.727. The smallest absolute Gasteiger partial charge is 0.194 e. The Balaban J connectivity index is 1.73. The molecule has 1 aromatic heterocycles. The van der Waals surface area contributed by atoms with E-state index in [2.05, 4.69) is 40.8 Å². The SMILES string of the molecule is Cn1c2c(c(=O)c3ccccc31)CN(Cc1ccccc1)CC2. The van der Waals surface area contributed by atoms with Gasteiger partial charge >= 0.3 is 0 Å². The van der Waals surface area contributed by atoms with Crippen LogP contribution in [0.5, 0.6) is 0 Å². The summed E-state index contributed by atoms with van der Waals surface area (Å²) in [5, 5.41) is 0.829. The second-order valence-corrected chi connectivity index (χ2v) is 6.28. The first kappa shape index (κ1) is 14.2. The Morgan fingerprint density at radius 3 is 2.57 bits per heavy atom. The van der Waals surface area contributed by atoms with E-state index in [9.17, 15) is 4.79 Å². The minimum absolute atomic E-state index is 0.200. The lowest BCUT2D eigenvalue weighted by molar-refractivity contribution is 0.241. The maximum absolute atomic E-state index is 12.9. The first-order valence-electron chi connectivity index (χ1n) is 8.10. The minimum atomic E-state index is 0.200. The number of rotatable bonds is 2. The average molecular weight is 304 g/mol. The van der Waals surface area contributed by atoms with Gasteiger partial charge in [0, 0.05) is 49.7 Å². The van der Waals surface area contributed by atoms with Crippen molar-refractivity contribution in [3.8, 4) is 0 Å². The fourth-order valence-corrected chi connectivity index (χ4v) is 3.62. The summed E-state index contributed by atoms with van der Waals surface area (Å²) in [6, 6.07) is 18.4. The Kier molecular flexibility index (Phi) is 3.50. The van der Waals surface area contributed by atoms with Gasteiger partial charge in [-0.15, -0.1) is 0 Å². The molecule has 0 aliphatic carbocycles. The first-order chi connectivity index (χ1) is 11.2. The van der Waals surface area contributed by atoms with Gasteiger partial charge in [-0.05, 0) is 17.7 Å². The molecule has 0 N–H and O–H groups in total. The van der Waals surface area contributed by atoms with Crippen molar-refractivity contribution in [2.24, 2.45) is 7.05 Å². The van der Waals surface area contributed by atoms with Crippen molar-refractivity contribution >= 4 is 10.9 Å². The van der Waals surface area contributed by atoms with E-state index in [0.29, 0.717) is 0 Å². The van der Waals surface area contributed by atoms with Crippen molar-refractivity contribution in [1.82, 2.24) is 9.47 Å². The van der Waals surface area contributed by atoms with Crippen molar-refractivity contribution in [2.45, 2.75) is 19.5 Å². The summed E-state index contributed by atoms with van der Waals surface area (Å²) in [4.78, 5) is 15.3. The van der Waals surface area contributed by atoms with Crippen molar-refractivity contribution in [3.05, 3.63) is 81.6 Å². The molecule has 116 valence electrons. The molecule has 23 heavy (non-hydrogen) atoms. The van der Waals surface area contributed by atoms with Crippen LogP contribution in [0.2, 0.25) is 0 Å². The highest BCUT2D eigenvalue weighted by Gasteiger charge is 2.22. The number of pyridine rings is 1. The molecule has 0 atom stereocenters. The number of hydrogen-bond acceptors (Lipinski definition) is 2. The second-order valence-electron chi connectivity index (χ2n) is 6.28. The summed E-state index contributed by atoms with van der Waals surface area (Å²) in [5.74, 6) is 0. The van der Waals surface area contributed by atoms with Crippen LogP contribution < -0.4 is 5.43 Å². The van der Waals surface area contributed by atoms with Crippen molar-refractivity contribution < 1.29 is 0 Å². The summed E-state index contributed by atoms with van der Waals surface area (Å²) >= 11 is 0. The number of fused-ring (bicyclic) bond motifs is 2. The summed E-state index contributed by atoms with van der Waals surface area (Å²) in [6.45, 7) is 2.63. The zero-order valence-electron chi connectivity index (χ0n) is 13.3. The Hall–Kier alpha value is -2.39. The second kappa shape index (κ2) is 5.67. The van der Waals surface area contributed by atoms with Crippen LogP contribution in [0.15, 0.2) is 59.4 Å². The molecule has 1 aliphatic heterocycles. The average Bonchev–Trinajstić information content (AvgIpc) is 2.60. The molecule has 0 spiro atoms. The highest BCUT2D eigenvalue weighted by atomic mass is 16.1. The van der Waals surface area contributed by atoms with Gasteiger partial charge in [-0.1, -0.05) is 42.5 Å². The van der Waals surface area contributed by atoms with E-state index in [1.165, 1.54) is 11.3 Å². The van der Waals surface area contributed by atoms with Crippen molar-refractivity contribution in [3.63, 3.8) is 0 Å². The van der Waals surface area contributed by atoms with Gasteiger partial charge in [0.25, 0.3) is 0 Å². The summed E-state index contributed by atoms with van der Waals surface area (Å²) in [6.07, 6.45) is 0.929. The Labute approximate surface area is 135 Å². The molecule has 0 radical (unpaired) electrons. The predicted octanol–water partition coefficient (Wildman–Crippen LogP) is 3.10. The first-order valence-corrected chi connectivity index (χ1v) is 8.10. The number of para-hydroxylation sites is 1. The molecule has 0 fully saturated rings. The number of hydrogen-bond donors (Lipinski definition) is 0. The van der Waals surface area contributed by atoms with E-state index in [-0.39, 0.29) is 5.43 Å². The summed E-state index contributed by atoms with van der Waals surface area (Å²) in [7, 11) is 2.08. The molecule has 2 heterocycles. The molecule has 0 saturated carbocycles. The highest BCUT2D eigenvalue weighted by Crippen LogP contribution is 2.22. The fraction of sp³-hybridized carbons (Fsp3) is 0.250. The molecule has 0 saturated heterocycles. The maximum Gasteiger partial charge on any atom is 0.194 e. The molecule has 0 unspecified atom stereocenters. The van der Waals surface area contributed by atoms with Crippen LogP contribution >= 0.6 is 0 Å². The van der Waals surface area contributed by atoms with Crippen LogP contribution in [-0.2, 0) is 26.6 Å². The van der Waals surface area contributed by atoms with Crippen LogP contribution in [-0.4, -0.2) is 16.0 Å². The number of aryl methyl sites for hydroxylation is 1. The zero-order valence-corrected chi connectivity index (χ0v) is 13.3. The van der Waals surface area contributed by atoms with Crippen LogP contribution in [0.25, 0.3) is 10.9 Å². The number of nitrogens with zero attached hydrogens (tertiary/aromatic N) is 2. The third-order valence-electron chi connectivity index (χ3n) is 4.83. The van der Waals surface area contributed by atoms with Crippen LogP contribution in [0, 0.1) is 0 Å². The van der Waals surface area contributed by atoms with E-state index >= 15 is 0 Å². The minimum Gasteiger partial charge on any atom is -0.347 e. The van der Waals surface area contributed by atoms with Crippen LogP contribution in [0.1, 0.15) is 16.8 Å². The number of aromatic nitrogens is 1. The van der Waals surface area contributed by atoms with Crippen molar-refractivity contribution in [1.29, 1.82) is 0 Å². The standard InChI is InChI=1S/C20H20N2O/c1-21-18-10-6-5-9-16(18)20(23)17-14-22(12-11-19(17)21)13-15-7-3-2-4-8-15/h2-10H,11-14H2,1H3. The Bertz CT molecular complexity index is 912. The van der Waals surface area contributed by atoms with E-state index in [1.54, 1.807) is 0 Å². The van der Waals surface area contributed by atoms with E-state index in [1.807, 2.05) is 30.3 Å². The molecule has 3 aromatic rings. The Morgan fingerprint density at radius 2 is 1.74 bits per heavy atom. The van der Waals surface area contributed by atoms with Gasteiger partial charge in [0.2, 0.25) is 0 Å². The molecular formula is C20H20N2O. The van der Waals surface area contributed by atoms with Crippen molar-refractivity contribution in [2.75, 3.05) is 6.54 Å². The van der Waals surface area contributed by atoms with Gasteiger partial charge in [-0.3, -0.25) is 9.69 Å². The largest absolute Gasteiger partial charge is 0.347 e. The van der Waals surface area contributed by atoms with Gasteiger partial charge in [-0.25, -0.2) is 0 Å². The number of benzene rings is 2. The molecule has 4 rings (SSSR count). The van der Waals surface area contributed by atoms with E-state index in [0.717, 1.165) is 42.5 Å². The van der Waals surface area contributed by atoms with Gasteiger partial charge in [-0.2, -0.15) is 0 Å². The molecule has 2 aromatic carbocycles. The van der Waals surface area contributed by atoms with Gasteiger partial charge in [0.1, 0.15) is 0 Å². The van der Waals surface area contributed by atoms with Crippen LogP contribution in [0.4, 0.5) is 0 Å². The maximum atomic E-state index is 12.9. The monoisotopic (exact) mass is 304 g/mol. The molecule has 3 heteroatoms. The molecular weight excluding hydrogens is 284 g/mol. The molecule has 0 bridgehead atoms. The fourth-order valence-electron chi connectivity index (χ4n) is 3.62. The normalized spacial score (nSPS) is 14.8. The Morgan fingerprint density at radius 1 is 1.00 bits per heavy atom. The highest BCUT2D eigenvalue weighted by molar-refractivity contribution is 5.80. The topological polar surface area (TPSA) is 25.2 Å². The van der Waals surface area contributed by atoms with Gasteiger partial charge < -0.3 is 4.57 Å². The zero-order chi connectivity index (χ0) is 15.8. The lowest BCUT2D eigenvalue weighted by Gasteiger charge is -2.30. The van der Waals surface area contributed by atoms with Crippen LogP contribution in [0.3, 0.4) is 0 Å². The molecule has 0 amide bonds. The molecule has 1 aliphatic rings.